The molecule has 0 fully saturated rings. The van der Waals surface area contributed by atoms with Gasteiger partial charge in [0.15, 0.2) is 0 Å². The molecule has 29 heavy (non-hydrogen) atoms. The molecule has 0 aliphatic rings. The molecule has 0 aliphatic carbocycles. The Hall–Kier alpha value is -3.26. The molecule has 0 saturated heterocycles. The third-order valence-corrected chi connectivity index (χ3v) is 2.23. The van der Waals surface area contributed by atoms with Gasteiger partial charge in [0.1, 0.15) is 0 Å². The first-order chi connectivity index (χ1) is 13.3. The topological polar surface area (TPSA) is 193 Å². The average Bonchev–Trinajstić information content (AvgIpc) is 2.63. The van der Waals surface area contributed by atoms with Gasteiger partial charge in [-0.25, -0.2) is 0 Å². The second-order valence-electron chi connectivity index (χ2n) is 4.10. The Labute approximate surface area is 187 Å². The van der Waals surface area contributed by atoms with E-state index in [1.165, 1.54) is 12.4 Å². The molecule has 153 valence electrons. The van der Waals surface area contributed by atoms with Gasteiger partial charge in [-0.15, -0.1) is 0 Å². The standard InChI is InChI=1S/2C7H8N4S.Fe.NO3/c2*8-7(12)11-10-5-6-3-1-2-4-9-6;;2-1(3)4/h2*1-5H,(H3,8,11,12);;/q;;+3;-1/p-2/b2*10-5+;;. The minimum absolute atomic E-state index is 0. The van der Waals surface area contributed by atoms with Crippen molar-refractivity contribution in [3.63, 3.8) is 0 Å². The number of amidine groups is 2. The van der Waals surface area contributed by atoms with Crippen LogP contribution in [0.15, 0.2) is 69.2 Å². The largest absolute Gasteiger partial charge is 3.00 e. The maximum absolute atomic E-state index is 8.25. The zero-order chi connectivity index (χ0) is 21.2. The fraction of sp³-hybridized carbons (Fsp3) is 0. The van der Waals surface area contributed by atoms with Crippen LogP contribution in [0.5, 0.6) is 0 Å². The number of hydrogen-bond donors (Lipinski definition) is 2. The van der Waals surface area contributed by atoms with Crippen LogP contribution in [-0.2, 0) is 42.3 Å². The molecule has 0 bridgehead atoms. The van der Waals surface area contributed by atoms with Crippen LogP contribution in [0.2, 0.25) is 0 Å². The molecule has 0 unspecified atom stereocenters. The van der Waals surface area contributed by atoms with Crippen molar-refractivity contribution in [3.8, 4) is 0 Å². The van der Waals surface area contributed by atoms with Crippen molar-refractivity contribution in [2.75, 3.05) is 0 Å². The molecule has 2 rings (SSSR count). The van der Waals surface area contributed by atoms with Crippen molar-refractivity contribution in [1.29, 1.82) is 0 Å². The average molecular weight is 476 g/mol. The van der Waals surface area contributed by atoms with Crippen molar-refractivity contribution in [3.05, 3.63) is 75.5 Å². The quantitative estimate of drug-likeness (QED) is 0.156. The van der Waals surface area contributed by atoms with Crippen LogP contribution in [0.3, 0.4) is 0 Å². The van der Waals surface area contributed by atoms with Crippen molar-refractivity contribution >= 4 is 48.0 Å². The van der Waals surface area contributed by atoms with E-state index in [-0.39, 0.29) is 27.4 Å². The first-order valence-electron chi connectivity index (χ1n) is 7.02. The van der Waals surface area contributed by atoms with E-state index < -0.39 is 5.09 Å². The van der Waals surface area contributed by atoms with Crippen molar-refractivity contribution in [1.82, 2.24) is 9.97 Å². The summed E-state index contributed by atoms with van der Waals surface area (Å²) in [6.07, 6.45) is 6.31. The van der Waals surface area contributed by atoms with Gasteiger partial charge in [-0.1, -0.05) is 12.1 Å². The molecule has 0 spiro atoms. The molecule has 0 aromatic carbocycles. The summed E-state index contributed by atoms with van der Waals surface area (Å²) in [6, 6.07) is 11.0. The number of rotatable bonds is 4. The number of aromatic nitrogens is 2. The maximum Gasteiger partial charge on any atom is 3.00 e. The summed E-state index contributed by atoms with van der Waals surface area (Å²) < 4.78 is 0. The van der Waals surface area contributed by atoms with Gasteiger partial charge in [0.25, 0.3) is 0 Å². The molecule has 12 nitrogen and oxygen atoms in total. The number of nitrogens with two attached hydrogens (primary N) is 2. The van der Waals surface area contributed by atoms with Crippen LogP contribution >= 0.6 is 0 Å². The second kappa shape index (κ2) is 18.1. The van der Waals surface area contributed by atoms with Gasteiger partial charge in [0.2, 0.25) is 0 Å². The first-order valence-corrected chi connectivity index (χ1v) is 7.83. The molecule has 2 aromatic rings. The van der Waals surface area contributed by atoms with Crippen LogP contribution in [0.1, 0.15) is 11.4 Å². The zero-order valence-corrected chi connectivity index (χ0v) is 17.2. The Balaban J connectivity index is 0. The van der Waals surface area contributed by atoms with Gasteiger partial charge >= 0.3 is 17.1 Å². The number of pyridine rings is 2. The second-order valence-corrected chi connectivity index (χ2v) is 4.93. The van der Waals surface area contributed by atoms with Gasteiger partial charge in [0.05, 0.1) is 28.9 Å². The summed E-state index contributed by atoms with van der Waals surface area (Å²) in [7, 11) is 0. The van der Waals surface area contributed by atoms with Crippen LogP contribution in [0.25, 0.3) is 0 Å². The summed E-state index contributed by atoms with van der Waals surface area (Å²) in [5.74, 6) is 0. The van der Waals surface area contributed by atoms with E-state index in [1.807, 2.05) is 24.3 Å². The van der Waals surface area contributed by atoms with Crippen molar-refractivity contribution < 1.29 is 22.2 Å². The predicted octanol–water partition coefficient (Wildman–Crippen LogP) is 0.313. The third kappa shape index (κ3) is 20.9. The molecule has 1 radical (unpaired) electrons. The fourth-order valence-corrected chi connectivity index (χ4v) is 1.29. The Morgan fingerprint density at radius 2 is 1.24 bits per heavy atom. The van der Waals surface area contributed by atoms with Gasteiger partial charge < -0.3 is 52.0 Å². The van der Waals surface area contributed by atoms with Gasteiger partial charge in [-0.2, -0.15) is 20.4 Å². The Morgan fingerprint density at radius 1 is 0.897 bits per heavy atom. The SMILES string of the molecule is N/C([S-])=N/N=C/c1ccccn1.N/C([S-])=N/N=C/c1ccccn1.O=[N+]([O-])[O-].[Fe+3]. The number of hydrogen-bond acceptors (Lipinski definition) is 11. The maximum atomic E-state index is 8.25. The Bertz CT molecular complexity index is 746. The molecule has 0 amide bonds. The van der Waals surface area contributed by atoms with Crippen LogP contribution in [0.4, 0.5) is 0 Å². The normalized spacial score (nSPS) is 10.9. The van der Waals surface area contributed by atoms with E-state index in [0.29, 0.717) is 0 Å². The molecule has 4 N–H and O–H groups in total. The zero-order valence-electron chi connectivity index (χ0n) is 14.5. The Kier molecular flexibility index (Phi) is 17.5. The Morgan fingerprint density at radius 3 is 1.48 bits per heavy atom. The molecular formula is C14H14FeN9O3S2. The first kappa shape index (κ1) is 28.0. The number of nitrogens with zero attached hydrogens (tertiary/aromatic N) is 7. The van der Waals surface area contributed by atoms with E-state index >= 15 is 0 Å². The van der Waals surface area contributed by atoms with Crippen LogP contribution < -0.4 is 11.5 Å². The monoisotopic (exact) mass is 476 g/mol. The third-order valence-electron chi connectivity index (χ3n) is 2.07. The van der Waals surface area contributed by atoms with E-state index in [1.54, 1.807) is 24.5 Å². The van der Waals surface area contributed by atoms with E-state index in [2.05, 4.69) is 55.6 Å². The molecule has 15 heteroatoms. The molecule has 0 aliphatic heterocycles. The van der Waals surface area contributed by atoms with Gasteiger partial charge in [-0.3, -0.25) is 9.97 Å². The summed E-state index contributed by atoms with van der Waals surface area (Å²) in [6.45, 7) is 0. The molecule has 0 saturated carbocycles. The minimum Gasteiger partial charge on any atom is -0.741 e. The van der Waals surface area contributed by atoms with E-state index in [0.717, 1.165) is 11.4 Å². The molecule has 2 heterocycles. The van der Waals surface area contributed by atoms with Crippen LogP contribution in [0, 0.1) is 15.3 Å². The van der Waals surface area contributed by atoms with Gasteiger partial charge in [-0.05, 0) is 34.6 Å². The van der Waals surface area contributed by atoms with E-state index in [9.17, 15) is 0 Å². The summed E-state index contributed by atoms with van der Waals surface area (Å²) in [4.78, 5) is 16.2. The molecule has 0 atom stereocenters. The van der Waals surface area contributed by atoms with Crippen molar-refractivity contribution in [2.45, 2.75) is 0 Å². The van der Waals surface area contributed by atoms with Gasteiger partial charge in [0, 0.05) is 12.4 Å². The fourth-order valence-electron chi connectivity index (χ4n) is 1.19. The smallest absolute Gasteiger partial charge is 0.741 e. The summed E-state index contributed by atoms with van der Waals surface area (Å²) in [5.41, 5.74) is 11.6. The molecule has 2 aromatic heterocycles. The summed E-state index contributed by atoms with van der Waals surface area (Å²) in [5, 5.41) is 28.9. The van der Waals surface area contributed by atoms with Crippen molar-refractivity contribution in [2.24, 2.45) is 31.9 Å². The molecular weight excluding hydrogens is 462 g/mol. The summed E-state index contributed by atoms with van der Waals surface area (Å²) >= 11 is 8.98. The van der Waals surface area contributed by atoms with Crippen LogP contribution in [-0.4, -0.2) is 37.8 Å². The van der Waals surface area contributed by atoms with E-state index in [4.69, 9.17) is 26.8 Å². The minimum atomic E-state index is -1.75. The predicted molar refractivity (Wildman–Crippen MR) is 112 cm³/mol.